The van der Waals surface area contributed by atoms with E-state index < -0.39 is 0 Å². The zero-order chi connectivity index (χ0) is 12.1. The molecule has 0 spiro atoms. The molecular weight excluding hydrogens is 222 g/mol. The van der Waals surface area contributed by atoms with Gasteiger partial charge in [0.2, 0.25) is 5.91 Å². The maximum absolute atomic E-state index is 11.7. The van der Waals surface area contributed by atoms with E-state index in [1.165, 1.54) is 5.56 Å². The van der Waals surface area contributed by atoms with Crippen LogP contribution in [0.1, 0.15) is 31.0 Å². The van der Waals surface area contributed by atoms with Crippen LogP contribution in [-0.4, -0.2) is 11.8 Å². The number of aryl methyl sites for hydroxylation is 1. The highest BCUT2D eigenvalue weighted by atomic mass is 35.5. The molecule has 1 aromatic rings. The van der Waals surface area contributed by atoms with Crippen molar-refractivity contribution in [1.82, 2.24) is 5.32 Å². The van der Waals surface area contributed by atoms with E-state index >= 15 is 0 Å². The second-order valence-electron chi connectivity index (χ2n) is 4.14. The third kappa shape index (κ3) is 3.24. The van der Waals surface area contributed by atoms with Gasteiger partial charge in [-0.15, -0.1) is 11.6 Å². The van der Waals surface area contributed by atoms with Gasteiger partial charge in [0.25, 0.3) is 0 Å². The second-order valence-corrected chi connectivity index (χ2v) is 4.45. The molecule has 0 radical (unpaired) electrons. The van der Waals surface area contributed by atoms with Crippen LogP contribution in [0.2, 0.25) is 0 Å². The Morgan fingerprint density at radius 3 is 2.56 bits per heavy atom. The Labute approximate surface area is 102 Å². The molecule has 2 atom stereocenters. The van der Waals surface area contributed by atoms with Crippen molar-refractivity contribution in [3.8, 4) is 0 Å². The molecule has 2 nitrogen and oxygen atoms in total. The molecule has 0 aromatic heterocycles. The van der Waals surface area contributed by atoms with Crippen LogP contribution >= 0.6 is 11.6 Å². The maximum Gasteiger partial charge on any atom is 0.224 e. The van der Waals surface area contributed by atoms with Crippen LogP contribution in [0.5, 0.6) is 0 Å². The van der Waals surface area contributed by atoms with Crippen molar-refractivity contribution in [3.05, 3.63) is 35.4 Å². The van der Waals surface area contributed by atoms with Crippen molar-refractivity contribution in [3.63, 3.8) is 0 Å². The van der Waals surface area contributed by atoms with Gasteiger partial charge in [-0.25, -0.2) is 0 Å². The summed E-state index contributed by atoms with van der Waals surface area (Å²) in [6, 6.07) is 8.08. The first-order chi connectivity index (χ1) is 7.56. The summed E-state index contributed by atoms with van der Waals surface area (Å²) in [5.41, 5.74) is 2.34. The average molecular weight is 240 g/mol. The zero-order valence-corrected chi connectivity index (χ0v) is 10.7. The molecule has 0 aliphatic heterocycles. The van der Waals surface area contributed by atoms with Gasteiger partial charge in [0.1, 0.15) is 0 Å². The number of rotatable bonds is 4. The van der Waals surface area contributed by atoms with Gasteiger partial charge in [0, 0.05) is 11.8 Å². The van der Waals surface area contributed by atoms with E-state index in [9.17, 15) is 4.79 Å². The fourth-order valence-electron chi connectivity index (χ4n) is 1.58. The summed E-state index contributed by atoms with van der Waals surface area (Å²) in [5.74, 6) is 0.214. The number of nitrogens with one attached hydrogen (secondary N) is 1. The summed E-state index contributed by atoms with van der Waals surface area (Å²) in [6.45, 7) is 5.86. The molecule has 0 saturated heterocycles. The van der Waals surface area contributed by atoms with Gasteiger partial charge in [-0.05, 0) is 25.0 Å². The summed E-state index contributed by atoms with van der Waals surface area (Å²) in [5, 5.41) is 2.96. The Morgan fingerprint density at radius 2 is 2.00 bits per heavy atom. The van der Waals surface area contributed by atoms with Crippen molar-refractivity contribution < 1.29 is 4.79 Å². The molecule has 1 N–H and O–H groups in total. The fraction of sp³-hybridized carbons (Fsp3) is 0.462. The highest BCUT2D eigenvalue weighted by molar-refractivity contribution is 6.19. The van der Waals surface area contributed by atoms with Crippen molar-refractivity contribution >= 4 is 17.5 Å². The molecule has 1 aromatic carbocycles. The van der Waals surface area contributed by atoms with Crippen LogP contribution in [0.25, 0.3) is 0 Å². The van der Waals surface area contributed by atoms with Crippen LogP contribution in [0.4, 0.5) is 0 Å². The molecule has 0 saturated carbocycles. The Bertz CT molecular complexity index is 365. The first-order valence-corrected chi connectivity index (χ1v) is 6.01. The molecule has 1 amide bonds. The quantitative estimate of drug-likeness (QED) is 0.804. The Kier molecular flexibility index (Phi) is 4.81. The number of amides is 1. The Balaban J connectivity index is 2.69. The largest absolute Gasteiger partial charge is 0.349 e. The molecule has 0 aliphatic rings. The van der Waals surface area contributed by atoms with Gasteiger partial charge in [-0.3, -0.25) is 4.79 Å². The minimum absolute atomic E-state index is 0.00533. The maximum atomic E-state index is 11.7. The standard InChI is InChI=1S/C13H18ClNO/c1-9-6-4-5-7-12(9)11(3)15-13(16)10(2)8-14/h4-7,10-11H,8H2,1-3H3,(H,15,16)/t10?,11-/m0/s1. The Morgan fingerprint density at radius 1 is 1.38 bits per heavy atom. The third-order valence-corrected chi connectivity index (χ3v) is 3.16. The number of alkyl halides is 1. The van der Waals surface area contributed by atoms with Crippen LogP contribution in [-0.2, 0) is 4.79 Å². The van der Waals surface area contributed by atoms with Crippen LogP contribution in [0.15, 0.2) is 24.3 Å². The SMILES string of the molecule is Cc1ccccc1[C@H](C)NC(=O)C(C)CCl. The lowest BCUT2D eigenvalue weighted by Gasteiger charge is -2.18. The number of hydrogen-bond donors (Lipinski definition) is 1. The zero-order valence-electron chi connectivity index (χ0n) is 9.96. The van der Waals surface area contributed by atoms with Crippen LogP contribution < -0.4 is 5.32 Å². The summed E-state index contributed by atoms with van der Waals surface area (Å²) in [4.78, 5) is 11.7. The predicted octanol–water partition coefficient (Wildman–Crippen LogP) is 3.05. The first kappa shape index (κ1) is 13.0. The van der Waals surface area contributed by atoms with Gasteiger partial charge >= 0.3 is 0 Å². The van der Waals surface area contributed by atoms with Crippen molar-refractivity contribution in [1.29, 1.82) is 0 Å². The highest BCUT2D eigenvalue weighted by Crippen LogP contribution is 2.17. The molecule has 1 unspecified atom stereocenters. The monoisotopic (exact) mass is 239 g/mol. The molecule has 0 heterocycles. The van der Waals surface area contributed by atoms with E-state index in [-0.39, 0.29) is 17.9 Å². The first-order valence-electron chi connectivity index (χ1n) is 5.48. The molecule has 1 rings (SSSR count). The van der Waals surface area contributed by atoms with Crippen molar-refractivity contribution in [2.45, 2.75) is 26.8 Å². The fourth-order valence-corrected chi connectivity index (χ4v) is 1.72. The van der Waals surface area contributed by atoms with Gasteiger partial charge in [0.05, 0.1) is 6.04 Å². The van der Waals surface area contributed by atoms with E-state index in [1.54, 1.807) is 0 Å². The lowest BCUT2D eigenvalue weighted by atomic mass is 10.0. The molecular formula is C13H18ClNO. The summed E-state index contributed by atoms with van der Waals surface area (Å²) in [6.07, 6.45) is 0. The van der Waals surface area contributed by atoms with E-state index in [1.807, 2.05) is 45.0 Å². The highest BCUT2D eigenvalue weighted by Gasteiger charge is 2.15. The number of carbonyl (C=O) groups excluding carboxylic acids is 1. The summed E-state index contributed by atoms with van der Waals surface area (Å²) >= 11 is 5.65. The van der Waals surface area contributed by atoms with Crippen molar-refractivity contribution in [2.75, 3.05) is 5.88 Å². The predicted molar refractivity (Wildman–Crippen MR) is 67.6 cm³/mol. The van der Waals surface area contributed by atoms with Crippen molar-refractivity contribution in [2.24, 2.45) is 5.92 Å². The molecule has 3 heteroatoms. The third-order valence-electron chi connectivity index (χ3n) is 2.69. The topological polar surface area (TPSA) is 29.1 Å². The number of benzene rings is 1. The number of carbonyl (C=O) groups is 1. The number of hydrogen-bond acceptors (Lipinski definition) is 1. The second kappa shape index (κ2) is 5.90. The van der Waals surface area contributed by atoms with E-state index in [2.05, 4.69) is 5.32 Å². The van der Waals surface area contributed by atoms with E-state index in [0.717, 1.165) is 5.56 Å². The molecule has 0 fully saturated rings. The molecule has 16 heavy (non-hydrogen) atoms. The normalized spacial score (nSPS) is 14.2. The minimum Gasteiger partial charge on any atom is -0.349 e. The van der Waals surface area contributed by atoms with E-state index in [0.29, 0.717) is 5.88 Å². The van der Waals surface area contributed by atoms with Gasteiger partial charge < -0.3 is 5.32 Å². The number of halogens is 1. The molecule has 88 valence electrons. The van der Waals surface area contributed by atoms with E-state index in [4.69, 9.17) is 11.6 Å². The van der Waals surface area contributed by atoms with Gasteiger partial charge in [0.15, 0.2) is 0 Å². The lowest BCUT2D eigenvalue weighted by Crippen LogP contribution is -2.32. The average Bonchev–Trinajstić information content (AvgIpc) is 2.28. The molecule has 0 aliphatic carbocycles. The van der Waals surface area contributed by atoms with Gasteiger partial charge in [-0.1, -0.05) is 31.2 Å². The minimum atomic E-state index is -0.145. The van der Waals surface area contributed by atoms with Crippen LogP contribution in [0, 0.1) is 12.8 Å². The van der Waals surface area contributed by atoms with Gasteiger partial charge in [-0.2, -0.15) is 0 Å². The summed E-state index contributed by atoms with van der Waals surface area (Å²) < 4.78 is 0. The Hall–Kier alpha value is -1.02. The van der Waals surface area contributed by atoms with Crippen LogP contribution in [0.3, 0.4) is 0 Å². The smallest absolute Gasteiger partial charge is 0.224 e. The molecule has 0 bridgehead atoms. The summed E-state index contributed by atoms with van der Waals surface area (Å²) in [7, 11) is 0. The lowest BCUT2D eigenvalue weighted by molar-refractivity contribution is -0.124.